The molecule has 0 bridgehead atoms. The quantitative estimate of drug-likeness (QED) is 0.526. The van der Waals surface area contributed by atoms with Gasteiger partial charge < -0.3 is 14.4 Å². The van der Waals surface area contributed by atoms with Crippen molar-refractivity contribution in [2.45, 2.75) is 39.5 Å². The fourth-order valence-electron chi connectivity index (χ4n) is 3.58. The average molecular weight is 413 g/mol. The second-order valence-electron chi connectivity index (χ2n) is 7.56. The van der Waals surface area contributed by atoms with Crippen LogP contribution in [0, 0.1) is 12.8 Å². The lowest BCUT2D eigenvalue weighted by Crippen LogP contribution is -2.34. The minimum Gasteiger partial charge on any atom is -0.494 e. The van der Waals surface area contributed by atoms with E-state index < -0.39 is 0 Å². The van der Waals surface area contributed by atoms with Crippen molar-refractivity contribution in [3.05, 3.63) is 36.0 Å². The molecule has 7 heteroatoms. The standard InChI is InChI=1S/C22H28N4O2S/c1-3-13-28-22-23-19-6-5-18(15-20(19)29-22)27-14-10-17-8-11-26(12-9-17)21-7-4-16(2)24-25-21/h4-7,15,17H,3,8-14H2,1-2H3. The summed E-state index contributed by atoms with van der Waals surface area (Å²) in [5.41, 5.74) is 1.93. The van der Waals surface area contributed by atoms with E-state index in [1.165, 1.54) is 12.8 Å². The molecule has 0 amide bonds. The molecule has 1 aromatic carbocycles. The molecule has 3 aromatic rings. The van der Waals surface area contributed by atoms with Crippen molar-refractivity contribution in [2.24, 2.45) is 5.92 Å². The number of benzene rings is 1. The van der Waals surface area contributed by atoms with Gasteiger partial charge in [-0.05, 0) is 68.9 Å². The number of rotatable bonds is 8. The maximum atomic E-state index is 6.03. The lowest BCUT2D eigenvalue weighted by atomic mass is 9.94. The van der Waals surface area contributed by atoms with Gasteiger partial charge in [0, 0.05) is 13.1 Å². The van der Waals surface area contributed by atoms with Crippen LogP contribution in [0.2, 0.25) is 0 Å². The van der Waals surface area contributed by atoms with Gasteiger partial charge in [-0.2, -0.15) is 5.10 Å². The topological polar surface area (TPSA) is 60.4 Å². The summed E-state index contributed by atoms with van der Waals surface area (Å²) in [6.07, 6.45) is 4.41. The number of nitrogens with zero attached hydrogens (tertiary/aromatic N) is 4. The van der Waals surface area contributed by atoms with Crippen LogP contribution in [0.3, 0.4) is 0 Å². The van der Waals surface area contributed by atoms with Gasteiger partial charge in [-0.15, -0.1) is 5.10 Å². The van der Waals surface area contributed by atoms with Crippen LogP contribution in [-0.4, -0.2) is 41.5 Å². The lowest BCUT2D eigenvalue weighted by Gasteiger charge is -2.32. The van der Waals surface area contributed by atoms with Crippen LogP contribution in [0.15, 0.2) is 30.3 Å². The number of aromatic nitrogens is 3. The maximum absolute atomic E-state index is 6.03. The van der Waals surface area contributed by atoms with Crippen LogP contribution in [0.4, 0.5) is 5.82 Å². The Hall–Kier alpha value is -2.41. The molecule has 4 rings (SSSR count). The molecule has 1 aliphatic rings. The van der Waals surface area contributed by atoms with Crippen molar-refractivity contribution in [2.75, 3.05) is 31.2 Å². The lowest BCUT2D eigenvalue weighted by molar-refractivity contribution is 0.258. The van der Waals surface area contributed by atoms with Crippen molar-refractivity contribution in [1.82, 2.24) is 15.2 Å². The van der Waals surface area contributed by atoms with Gasteiger partial charge in [-0.25, -0.2) is 4.98 Å². The van der Waals surface area contributed by atoms with E-state index in [-0.39, 0.29) is 0 Å². The number of hydrogen-bond donors (Lipinski definition) is 0. The second-order valence-corrected chi connectivity index (χ2v) is 8.55. The van der Waals surface area contributed by atoms with Crippen molar-refractivity contribution < 1.29 is 9.47 Å². The highest BCUT2D eigenvalue weighted by molar-refractivity contribution is 7.20. The fraction of sp³-hybridized carbons (Fsp3) is 0.500. The molecule has 2 aromatic heterocycles. The normalized spacial score (nSPS) is 15.0. The van der Waals surface area contributed by atoms with Crippen molar-refractivity contribution in [3.63, 3.8) is 0 Å². The monoisotopic (exact) mass is 412 g/mol. The molecular formula is C22H28N4O2S. The molecule has 1 aliphatic heterocycles. The highest BCUT2D eigenvalue weighted by Gasteiger charge is 2.20. The van der Waals surface area contributed by atoms with E-state index >= 15 is 0 Å². The van der Waals surface area contributed by atoms with Crippen LogP contribution >= 0.6 is 11.3 Å². The first kappa shape index (κ1) is 19.9. The zero-order chi connectivity index (χ0) is 20.1. The molecule has 154 valence electrons. The van der Waals surface area contributed by atoms with Crippen LogP contribution < -0.4 is 14.4 Å². The SMILES string of the molecule is CCCOc1nc2ccc(OCCC3CCN(c4ccc(C)nn4)CC3)cc2s1. The van der Waals surface area contributed by atoms with Crippen LogP contribution in [0.1, 0.15) is 38.3 Å². The predicted molar refractivity (Wildman–Crippen MR) is 117 cm³/mol. The number of aryl methyl sites for hydroxylation is 1. The molecule has 3 heterocycles. The Kier molecular flexibility index (Phi) is 6.44. The first-order valence-corrected chi connectivity index (χ1v) is 11.2. The van der Waals surface area contributed by atoms with Gasteiger partial charge in [0.2, 0.25) is 0 Å². The third kappa shape index (κ3) is 5.15. The van der Waals surface area contributed by atoms with Crippen molar-refractivity contribution in [1.29, 1.82) is 0 Å². The summed E-state index contributed by atoms with van der Waals surface area (Å²) in [7, 11) is 0. The van der Waals surface area contributed by atoms with Gasteiger partial charge in [0.1, 0.15) is 5.75 Å². The first-order chi connectivity index (χ1) is 14.2. The second kappa shape index (κ2) is 9.39. The van der Waals surface area contributed by atoms with E-state index in [1.54, 1.807) is 11.3 Å². The van der Waals surface area contributed by atoms with E-state index in [9.17, 15) is 0 Å². The van der Waals surface area contributed by atoms with Crippen LogP contribution in [-0.2, 0) is 0 Å². The molecule has 0 N–H and O–H groups in total. The van der Waals surface area contributed by atoms with E-state index in [0.717, 1.165) is 65.2 Å². The Balaban J connectivity index is 1.23. The summed E-state index contributed by atoms with van der Waals surface area (Å²) in [5, 5.41) is 9.22. The number of thiazole rings is 1. The third-order valence-electron chi connectivity index (χ3n) is 5.29. The van der Waals surface area contributed by atoms with E-state index in [0.29, 0.717) is 12.5 Å². The molecule has 0 aliphatic carbocycles. The van der Waals surface area contributed by atoms with Gasteiger partial charge in [0.05, 0.1) is 29.1 Å². The predicted octanol–water partition coefficient (Wildman–Crippen LogP) is 4.87. The fourth-order valence-corrected chi connectivity index (χ4v) is 4.45. The smallest absolute Gasteiger partial charge is 0.274 e. The molecule has 0 unspecified atom stereocenters. The summed E-state index contributed by atoms with van der Waals surface area (Å²) >= 11 is 1.58. The molecular weight excluding hydrogens is 384 g/mol. The molecule has 6 nitrogen and oxygen atoms in total. The maximum Gasteiger partial charge on any atom is 0.274 e. The Labute approximate surface area is 175 Å². The van der Waals surface area contributed by atoms with Gasteiger partial charge >= 0.3 is 0 Å². The largest absolute Gasteiger partial charge is 0.494 e. The van der Waals surface area contributed by atoms with E-state index in [4.69, 9.17) is 9.47 Å². The van der Waals surface area contributed by atoms with Gasteiger partial charge in [0.25, 0.3) is 5.19 Å². The number of piperidine rings is 1. The van der Waals surface area contributed by atoms with Crippen LogP contribution in [0.5, 0.6) is 10.9 Å². The summed E-state index contributed by atoms with van der Waals surface area (Å²) in [5.74, 6) is 2.60. The Morgan fingerprint density at radius 1 is 1.07 bits per heavy atom. The summed E-state index contributed by atoms with van der Waals surface area (Å²) < 4.78 is 12.8. The minimum absolute atomic E-state index is 0.700. The van der Waals surface area contributed by atoms with Crippen molar-refractivity contribution in [3.8, 4) is 10.9 Å². The van der Waals surface area contributed by atoms with E-state index in [1.807, 2.05) is 25.1 Å². The molecule has 0 radical (unpaired) electrons. The Bertz CT molecular complexity index is 920. The molecule has 0 spiro atoms. The summed E-state index contributed by atoms with van der Waals surface area (Å²) in [6.45, 7) is 7.59. The van der Waals surface area contributed by atoms with Crippen LogP contribution in [0.25, 0.3) is 10.2 Å². The molecule has 1 fully saturated rings. The number of ether oxygens (including phenoxy) is 2. The highest BCUT2D eigenvalue weighted by Crippen LogP contribution is 2.31. The highest BCUT2D eigenvalue weighted by atomic mass is 32.1. The first-order valence-electron chi connectivity index (χ1n) is 10.4. The molecule has 29 heavy (non-hydrogen) atoms. The van der Waals surface area contributed by atoms with Gasteiger partial charge in [0.15, 0.2) is 5.82 Å². The number of hydrogen-bond acceptors (Lipinski definition) is 7. The zero-order valence-electron chi connectivity index (χ0n) is 17.1. The molecule has 0 saturated carbocycles. The summed E-state index contributed by atoms with van der Waals surface area (Å²) in [4.78, 5) is 6.84. The summed E-state index contributed by atoms with van der Waals surface area (Å²) in [6, 6.07) is 10.2. The Morgan fingerprint density at radius 2 is 1.93 bits per heavy atom. The van der Waals surface area contributed by atoms with Gasteiger partial charge in [-0.1, -0.05) is 18.3 Å². The minimum atomic E-state index is 0.700. The van der Waals surface area contributed by atoms with Gasteiger partial charge in [-0.3, -0.25) is 0 Å². The number of fused-ring (bicyclic) bond motifs is 1. The Morgan fingerprint density at radius 3 is 2.69 bits per heavy atom. The third-order valence-corrected chi connectivity index (χ3v) is 6.22. The molecule has 0 atom stereocenters. The average Bonchev–Trinajstić information content (AvgIpc) is 3.15. The zero-order valence-corrected chi connectivity index (χ0v) is 18.0. The van der Waals surface area contributed by atoms with E-state index in [2.05, 4.69) is 39.1 Å². The number of anilines is 1. The van der Waals surface area contributed by atoms with Crippen molar-refractivity contribution >= 4 is 27.4 Å². The molecule has 1 saturated heterocycles.